The fourth-order valence-corrected chi connectivity index (χ4v) is 3.55. The molecule has 1 saturated heterocycles. The molecule has 0 unspecified atom stereocenters. The molecule has 1 atom stereocenters. The lowest BCUT2D eigenvalue weighted by Crippen LogP contribution is -2.56. The molecule has 1 N–H and O–H groups in total. The van der Waals surface area contributed by atoms with Crippen molar-refractivity contribution in [2.24, 2.45) is 5.92 Å². The van der Waals surface area contributed by atoms with Crippen molar-refractivity contribution < 1.29 is 18.7 Å². The van der Waals surface area contributed by atoms with Crippen molar-refractivity contribution in [3.8, 4) is 5.75 Å². The summed E-state index contributed by atoms with van der Waals surface area (Å²) >= 11 is 0. The number of anilines is 1. The highest BCUT2D eigenvalue weighted by Gasteiger charge is 2.31. The molecule has 0 saturated carbocycles. The molecule has 160 valence electrons. The van der Waals surface area contributed by atoms with Crippen molar-refractivity contribution in [1.29, 1.82) is 0 Å². The van der Waals surface area contributed by atoms with E-state index in [1.165, 1.54) is 6.07 Å². The second-order valence-electron chi connectivity index (χ2n) is 7.69. The quantitative estimate of drug-likeness (QED) is 0.791. The van der Waals surface area contributed by atoms with Gasteiger partial charge in [-0.15, -0.1) is 0 Å². The smallest absolute Gasteiger partial charge is 0.251 e. The standard InChI is InChI=1S/C23H28FN3O3/c1-16(2)21(25-22(28)17-8-10-18(30-3)11-9-17)23(29)27-14-12-26(13-15-27)20-7-5-4-6-19(20)24/h4-11,16,21H,12-15H2,1-3H3,(H,25,28)/t21-/m1/s1. The average Bonchev–Trinajstić information content (AvgIpc) is 2.77. The van der Waals surface area contributed by atoms with Crippen LogP contribution in [-0.4, -0.2) is 56.0 Å². The highest BCUT2D eigenvalue weighted by Crippen LogP contribution is 2.21. The van der Waals surface area contributed by atoms with E-state index in [-0.39, 0.29) is 23.5 Å². The number of nitrogens with one attached hydrogen (secondary N) is 1. The first-order valence-electron chi connectivity index (χ1n) is 10.1. The van der Waals surface area contributed by atoms with Crippen LogP contribution in [0.5, 0.6) is 5.75 Å². The van der Waals surface area contributed by atoms with Crippen LogP contribution in [0.2, 0.25) is 0 Å². The van der Waals surface area contributed by atoms with E-state index < -0.39 is 6.04 Å². The Hall–Kier alpha value is -3.09. The number of rotatable bonds is 6. The molecular weight excluding hydrogens is 385 g/mol. The number of para-hydroxylation sites is 1. The second kappa shape index (κ2) is 9.61. The van der Waals surface area contributed by atoms with Gasteiger partial charge in [-0.1, -0.05) is 26.0 Å². The number of carbonyl (C=O) groups is 2. The van der Waals surface area contributed by atoms with Crippen LogP contribution in [0.3, 0.4) is 0 Å². The summed E-state index contributed by atoms with van der Waals surface area (Å²) in [5, 5.41) is 2.87. The van der Waals surface area contributed by atoms with Crippen LogP contribution < -0.4 is 15.0 Å². The van der Waals surface area contributed by atoms with Crippen molar-refractivity contribution in [3.05, 3.63) is 59.9 Å². The Labute approximate surface area is 176 Å². The van der Waals surface area contributed by atoms with Gasteiger partial charge in [0, 0.05) is 31.7 Å². The monoisotopic (exact) mass is 413 g/mol. The zero-order valence-corrected chi connectivity index (χ0v) is 17.6. The number of hydrogen-bond acceptors (Lipinski definition) is 4. The van der Waals surface area contributed by atoms with E-state index in [4.69, 9.17) is 4.74 Å². The highest BCUT2D eigenvalue weighted by atomic mass is 19.1. The first-order valence-corrected chi connectivity index (χ1v) is 10.1. The normalized spacial score (nSPS) is 15.1. The van der Waals surface area contributed by atoms with Gasteiger partial charge < -0.3 is 19.9 Å². The minimum atomic E-state index is -0.625. The number of ether oxygens (including phenoxy) is 1. The molecule has 7 heteroatoms. The van der Waals surface area contributed by atoms with Gasteiger partial charge in [-0.25, -0.2) is 4.39 Å². The number of nitrogens with zero attached hydrogens (tertiary/aromatic N) is 2. The van der Waals surface area contributed by atoms with E-state index in [1.54, 1.807) is 54.5 Å². The first kappa shape index (κ1) is 21.6. The van der Waals surface area contributed by atoms with Crippen molar-refractivity contribution in [2.75, 3.05) is 38.2 Å². The molecule has 0 aromatic heterocycles. The maximum absolute atomic E-state index is 14.0. The maximum Gasteiger partial charge on any atom is 0.251 e. The van der Waals surface area contributed by atoms with Crippen LogP contribution in [0.15, 0.2) is 48.5 Å². The van der Waals surface area contributed by atoms with E-state index >= 15 is 0 Å². The Kier molecular flexibility index (Phi) is 6.92. The predicted octanol–water partition coefficient (Wildman–Crippen LogP) is 2.94. The fraction of sp³-hybridized carbons (Fsp3) is 0.391. The third-order valence-electron chi connectivity index (χ3n) is 5.36. The molecule has 1 aliphatic heterocycles. The minimum Gasteiger partial charge on any atom is -0.497 e. The number of methoxy groups -OCH3 is 1. The number of carbonyl (C=O) groups excluding carboxylic acids is 2. The summed E-state index contributed by atoms with van der Waals surface area (Å²) in [7, 11) is 1.56. The molecule has 2 amide bonds. The summed E-state index contributed by atoms with van der Waals surface area (Å²) in [5.74, 6) is -0.0705. The molecule has 6 nitrogen and oxygen atoms in total. The lowest BCUT2D eigenvalue weighted by Gasteiger charge is -2.38. The zero-order valence-electron chi connectivity index (χ0n) is 17.6. The number of hydrogen-bond donors (Lipinski definition) is 1. The molecule has 1 heterocycles. The van der Waals surface area contributed by atoms with Gasteiger partial charge in [-0.05, 0) is 42.3 Å². The number of benzene rings is 2. The summed E-state index contributed by atoms with van der Waals surface area (Å²) in [4.78, 5) is 29.5. The fourth-order valence-electron chi connectivity index (χ4n) is 3.55. The van der Waals surface area contributed by atoms with Gasteiger partial charge in [-0.3, -0.25) is 9.59 Å². The SMILES string of the molecule is COc1ccc(C(=O)N[C@@H](C(=O)N2CCN(c3ccccc3F)CC2)C(C)C)cc1. The van der Waals surface area contributed by atoms with Gasteiger partial charge in [0.2, 0.25) is 5.91 Å². The van der Waals surface area contributed by atoms with Crippen molar-refractivity contribution in [1.82, 2.24) is 10.2 Å². The van der Waals surface area contributed by atoms with Crippen LogP contribution >= 0.6 is 0 Å². The maximum atomic E-state index is 14.0. The van der Waals surface area contributed by atoms with Crippen LogP contribution in [0.1, 0.15) is 24.2 Å². The minimum absolute atomic E-state index is 0.0655. The van der Waals surface area contributed by atoms with Gasteiger partial charge in [0.15, 0.2) is 0 Å². The highest BCUT2D eigenvalue weighted by molar-refractivity contribution is 5.97. The first-order chi connectivity index (χ1) is 14.4. The molecule has 0 bridgehead atoms. The van der Waals surface area contributed by atoms with Crippen molar-refractivity contribution >= 4 is 17.5 Å². The molecule has 1 fully saturated rings. The number of halogens is 1. The van der Waals surface area contributed by atoms with Crippen LogP contribution in [0, 0.1) is 11.7 Å². The van der Waals surface area contributed by atoms with Crippen LogP contribution in [0.4, 0.5) is 10.1 Å². The Morgan fingerprint density at radius 2 is 1.63 bits per heavy atom. The van der Waals surface area contributed by atoms with E-state index in [0.717, 1.165) is 0 Å². The Balaban J connectivity index is 1.63. The van der Waals surface area contributed by atoms with E-state index in [0.29, 0.717) is 43.2 Å². The molecule has 1 aliphatic rings. The Morgan fingerprint density at radius 3 is 2.20 bits per heavy atom. The zero-order chi connectivity index (χ0) is 21.7. The topological polar surface area (TPSA) is 61.9 Å². The summed E-state index contributed by atoms with van der Waals surface area (Å²) in [6.07, 6.45) is 0. The van der Waals surface area contributed by atoms with E-state index in [9.17, 15) is 14.0 Å². The predicted molar refractivity (Wildman–Crippen MR) is 114 cm³/mol. The van der Waals surface area contributed by atoms with Crippen LogP contribution in [0.25, 0.3) is 0 Å². The summed E-state index contributed by atoms with van der Waals surface area (Å²) in [6, 6.07) is 12.8. The Morgan fingerprint density at radius 1 is 1.00 bits per heavy atom. The lowest BCUT2D eigenvalue weighted by molar-refractivity contribution is -0.134. The second-order valence-corrected chi connectivity index (χ2v) is 7.69. The third kappa shape index (κ3) is 4.90. The van der Waals surface area contributed by atoms with E-state index in [1.807, 2.05) is 18.7 Å². The molecule has 0 radical (unpaired) electrons. The third-order valence-corrected chi connectivity index (χ3v) is 5.36. The summed E-state index contributed by atoms with van der Waals surface area (Å²) in [6.45, 7) is 5.87. The average molecular weight is 413 g/mol. The van der Waals surface area contributed by atoms with Gasteiger partial charge in [-0.2, -0.15) is 0 Å². The van der Waals surface area contributed by atoms with Crippen molar-refractivity contribution in [2.45, 2.75) is 19.9 Å². The largest absolute Gasteiger partial charge is 0.497 e. The molecule has 0 aliphatic carbocycles. The van der Waals surface area contributed by atoms with Gasteiger partial charge >= 0.3 is 0 Å². The van der Waals surface area contributed by atoms with Crippen LogP contribution in [-0.2, 0) is 4.79 Å². The molecule has 30 heavy (non-hydrogen) atoms. The Bertz CT molecular complexity index is 878. The number of amides is 2. The molecule has 3 rings (SSSR count). The summed E-state index contributed by atoms with van der Waals surface area (Å²) < 4.78 is 19.2. The lowest BCUT2D eigenvalue weighted by atomic mass is 10.0. The van der Waals surface area contributed by atoms with Gasteiger partial charge in [0.05, 0.1) is 12.8 Å². The molecular formula is C23H28FN3O3. The van der Waals surface area contributed by atoms with Crippen molar-refractivity contribution in [3.63, 3.8) is 0 Å². The molecule has 2 aromatic rings. The van der Waals surface area contributed by atoms with Gasteiger partial charge in [0.25, 0.3) is 5.91 Å². The van der Waals surface area contributed by atoms with Gasteiger partial charge in [0.1, 0.15) is 17.6 Å². The number of piperazine rings is 1. The molecule has 2 aromatic carbocycles. The molecule has 0 spiro atoms. The summed E-state index contributed by atoms with van der Waals surface area (Å²) in [5.41, 5.74) is 1.02. The van der Waals surface area contributed by atoms with E-state index in [2.05, 4.69) is 5.32 Å².